The summed E-state index contributed by atoms with van der Waals surface area (Å²) >= 11 is 5.75. The Morgan fingerprint density at radius 2 is 2.67 bits per heavy atom. The van der Waals surface area contributed by atoms with Crippen LogP contribution in [-0.2, 0) is 0 Å². The van der Waals surface area contributed by atoms with E-state index in [0.717, 1.165) is 19.5 Å². The Balaban J connectivity index is 1.76. The van der Waals surface area contributed by atoms with Gasteiger partial charge >= 0.3 is 0 Å². The molecule has 1 amide bonds. The van der Waals surface area contributed by atoms with Gasteiger partial charge in [0.2, 0.25) is 0 Å². The summed E-state index contributed by atoms with van der Waals surface area (Å²) in [6.45, 7) is 2.57. The molecule has 0 saturated carbocycles. The third kappa shape index (κ3) is 2.93. The molecule has 0 spiro atoms. The van der Waals surface area contributed by atoms with Crippen LogP contribution in [0.3, 0.4) is 0 Å². The molecule has 0 aliphatic carbocycles. The fourth-order valence-electron chi connectivity index (χ4n) is 1.55. The highest BCUT2D eigenvalue weighted by Gasteiger charge is 2.19. The number of nitrogens with zero attached hydrogens (tertiary/aromatic N) is 2. The fraction of sp³-hybridized carbons (Fsp3) is 0.556. The topological polar surface area (TPSA) is 45.2 Å². The van der Waals surface area contributed by atoms with Gasteiger partial charge in [0, 0.05) is 18.3 Å². The number of aromatic nitrogens is 1. The van der Waals surface area contributed by atoms with Crippen molar-refractivity contribution in [1.82, 2.24) is 15.2 Å². The van der Waals surface area contributed by atoms with Gasteiger partial charge in [-0.05, 0) is 6.42 Å². The number of thiazole rings is 1. The third-order valence-electron chi connectivity index (χ3n) is 2.37. The summed E-state index contributed by atoms with van der Waals surface area (Å²) < 4.78 is 0. The van der Waals surface area contributed by atoms with Crippen LogP contribution in [0.25, 0.3) is 0 Å². The van der Waals surface area contributed by atoms with Gasteiger partial charge in [-0.2, -0.15) is 12.6 Å². The molecule has 0 aromatic carbocycles. The Morgan fingerprint density at radius 1 is 1.80 bits per heavy atom. The SMILES string of the molecule is O=C(NCN1CCC(S)C1)c1cncs1. The van der Waals surface area contributed by atoms with Crippen molar-refractivity contribution in [1.29, 1.82) is 0 Å². The Labute approximate surface area is 98.1 Å². The summed E-state index contributed by atoms with van der Waals surface area (Å²) in [7, 11) is 0. The van der Waals surface area contributed by atoms with Crippen LogP contribution in [0.1, 0.15) is 16.1 Å². The van der Waals surface area contributed by atoms with E-state index in [9.17, 15) is 4.79 Å². The van der Waals surface area contributed by atoms with E-state index in [1.54, 1.807) is 11.7 Å². The standard InChI is InChI=1S/C9H13N3OS2/c13-9(8-3-10-6-15-8)11-5-12-2-1-7(14)4-12/h3,6-7,14H,1-2,4-5H2,(H,11,13). The quantitative estimate of drug-likeness (QED) is 0.773. The van der Waals surface area contributed by atoms with E-state index in [1.807, 2.05) is 0 Å². The molecule has 1 aliphatic heterocycles. The molecule has 1 aromatic rings. The van der Waals surface area contributed by atoms with Crippen molar-refractivity contribution in [2.75, 3.05) is 19.8 Å². The number of hydrogen-bond donors (Lipinski definition) is 2. The van der Waals surface area contributed by atoms with Gasteiger partial charge in [0.25, 0.3) is 5.91 Å². The Morgan fingerprint density at radius 3 is 3.27 bits per heavy atom. The minimum Gasteiger partial charge on any atom is -0.339 e. The number of carbonyl (C=O) groups excluding carboxylic acids is 1. The summed E-state index contributed by atoms with van der Waals surface area (Å²) in [6, 6.07) is 0. The lowest BCUT2D eigenvalue weighted by Crippen LogP contribution is -2.36. The Bertz CT molecular complexity index is 328. The number of hydrogen-bond acceptors (Lipinski definition) is 5. The number of nitrogens with one attached hydrogen (secondary N) is 1. The van der Waals surface area contributed by atoms with E-state index in [2.05, 4.69) is 27.8 Å². The Hall–Kier alpha value is -0.590. The lowest BCUT2D eigenvalue weighted by molar-refractivity contribution is 0.0934. The molecule has 1 unspecified atom stereocenters. The van der Waals surface area contributed by atoms with Gasteiger partial charge in [-0.3, -0.25) is 14.7 Å². The largest absolute Gasteiger partial charge is 0.339 e. The van der Waals surface area contributed by atoms with Crippen LogP contribution in [0, 0.1) is 0 Å². The average molecular weight is 243 g/mol. The van der Waals surface area contributed by atoms with Crippen LogP contribution in [0.15, 0.2) is 11.7 Å². The average Bonchev–Trinajstić information content (AvgIpc) is 2.84. The molecule has 1 atom stereocenters. The van der Waals surface area contributed by atoms with Gasteiger partial charge in [0.15, 0.2) is 0 Å². The van der Waals surface area contributed by atoms with Crippen molar-refractivity contribution in [3.05, 3.63) is 16.6 Å². The van der Waals surface area contributed by atoms with Crippen molar-refractivity contribution in [2.45, 2.75) is 11.7 Å². The molecular formula is C9H13N3OS2. The summed E-state index contributed by atoms with van der Waals surface area (Å²) in [5.41, 5.74) is 1.66. The van der Waals surface area contributed by atoms with Crippen LogP contribution in [-0.4, -0.2) is 40.8 Å². The zero-order valence-corrected chi connectivity index (χ0v) is 9.93. The van der Waals surface area contributed by atoms with Crippen molar-refractivity contribution < 1.29 is 4.79 Å². The van der Waals surface area contributed by atoms with Gasteiger partial charge in [0.05, 0.1) is 18.4 Å². The van der Waals surface area contributed by atoms with E-state index in [1.165, 1.54) is 11.3 Å². The molecule has 2 heterocycles. The van der Waals surface area contributed by atoms with Crippen LogP contribution >= 0.6 is 24.0 Å². The first-order valence-electron chi connectivity index (χ1n) is 4.83. The molecule has 4 nitrogen and oxygen atoms in total. The summed E-state index contributed by atoms with van der Waals surface area (Å²) in [5.74, 6) is -0.0416. The van der Waals surface area contributed by atoms with Crippen molar-refractivity contribution in [3.8, 4) is 0 Å². The van der Waals surface area contributed by atoms with Crippen molar-refractivity contribution in [2.24, 2.45) is 0 Å². The van der Waals surface area contributed by atoms with E-state index < -0.39 is 0 Å². The molecule has 0 radical (unpaired) electrons. The molecule has 0 bridgehead atoms. The van der Waals surface area contributed by atoms with Crippen LogP contribution in [0.2, 0.25) is 0 Å². The van der Waals surface area contributed by atoms with E-state index in [-0.39, 0.29) is 5.91 Å². The molecule has 15 heavy (non-hydrogen) atoms. The van der Waals surface area contributed by atoms with Gasteiger partial charge in [-0.15, -0.1) is 11.3 Å². The second-order valence-corrected chi connectivity index (χ2v) is 5.17. The predicted octanol–water partition coefficient (Wildman–Crippen LogP) is 0.835. The minimum absolute atomic E-state index is 0.0416. The maximum absolute atomic E-state index is 11.6. The molecule has 1 N–H and O–H groups in total. The van der Waals surface area contributed by atoms with E-state index in [4.69, 9.17) is 0 Å². The zero-order valence-electron chi connectivity index (χ0n) is 8.22. The summed E-state index contributed by atoms with van der Waals surface area (Å²) in [4.78, 5) is 18.3. The molecular weight excluding hydrogens is 230 g/mol. The van der Waals surface area contributed by atoms with Crippen molar-refractivity contribution in [3.63, 3.8) is 0 Å². The van der Waals surface area contributed by atoms with E-state index >= 15 is 0 Å². The number of amides is 1. The molecule has 6 heteroatoms. The number of likely N-dealkylation sites (tertiary alicyclic amines) is 1. The Kier molecular flexibility index (Phi) is 3.61. The summed E-state index contributed by atoms with van der Waals surface area (Å²) in [6.07, 6.45) is 2.69. The second kappa shape index (κ2) is 4.96. The highest BCUT2D eigenvalue weighted by Crippen LogP contribution is 2.13. The number of carbonyl (C=O) groups is 1. The molecule has 82 valence electrons. The first kappa shape index (κ1) is 10.9. The van der Waals surface area contributed by atoms with Gasteiger partial charge in [0.1, 0.15) is 4.88 Å². The molecule has 1 aromatic heterocycles. The smallest absolute Gasteiger partial charge is 0.263 e. The third-order valence-corrected chi connectivity index (χ3v) is 3.56. The predicted molar refractivity (Wildman–Crippen MR) is 63.4 cm³/mol. The van der Waals surface area contributed by atoms with Gasteiger partial charge < -0.3 is 5.32 Å². The van der Waals surface area contributed by atoms with Crippen LogP contribution < -0.4 is 5.32 Å². The normalized spacial score (nSPS) is 21.8. The van der Waals surface area contributed by atoms with E-state index in [0.29, 0.717) is 16.8 Å². The monoisotopic (exact) mass is 243 g/mol. The maximum Gasteiger partial charge on any atom is 0.263 e. The number of rotatable bonds is 3. The highest BCUT2D eigenvalue weighted by atomic mass is 32.1. The molecule has 1 fully saturated rings. The highest BCUT2D eigenvalue weighted by molar-refractivity contribution is 7.81. The molecule has 2 rings (SSSR count). The lowest BCUT2D eigenvalue weighted by atomic mass is 10.4. The first-order valence-corrected chi connectivity index (χ1v) is 6.22. The minimum atomic E-state index is -0.0416. The van der Waals surface area contributed by atoms with Crippen LogP contribution in [0.5, 0.6) is 0 Å². The van der Waals surface area contributed by atoms with Crippen LogP contribution in [0.4, 0.5) is 0 Å². The summed E-state index contributed by atoms with van der Waals surface area (Å²) in [5, 5.41) is 3.32. The zero-order chi connectivity index (χ0) is 10.7. The molecule has 1 saturated heterocycles. The molecule has 1 aliphatic rings. The lowest BCUT2D eigenvalue weighted by Gasteiger charge is -2.15. The maximum atomic E-state index is 11.6. The number of thiol groups is 1. The van der Waals surface area contributed by atoms with Crippen molar-refractivity contribution >= 4 is 29.9 Å². The second-order valence-electron chi connectivity index (χ2n) is 3.55. The first-order chi connectivity index (χ1) is 7.25. The van der Waals surface area contributed by atoms with Gasteiger partial charge in [-0.1, -0.05) is 0 Å². The van der Waals surface area contributed by atoms with Gasteiger partial charge in [-0.25, -0.2) is 0 Å². The fourth-order valence-corrected chi connectivity index (χ4v) is 2.44.